The number of nitro benzene ring substituents is 1. The first-order valence-electron chi connectivity index (χ1n) is 9.72. The average Bonchev–Trinajstić information content (AvgIpc) is 2.79. The Morgan fingerprint density at radius 2 is 1.88 bits per heavy atom. The Balaban J connectivity index is 1.77. The van der Waals surface area contributed by atoms with Crippen LogP contribution in [0.5, 0.6) is 11.5 Å². The number of allylic oxidation sites excluding steroid dienone is 1. The number of nitrogens with zero attached hydrogens (tertiary/aromatic N) is 2. The highest BCUT2D eigenvalue weighted by Crippen LogP contribution is 2.34. The molecule has 0 aromatic heterocycles. The largest absolute Gasteiger partial charge is 0.493 e. The molecular weight excluding hydrogens is 474 g/mol. The zero-order chi connectivity index (χ0) is 22.9. The van der Waals surface area contributed by atoms with E-state index in [2.05, 4.69) is 33.0 Å². The number of rotatable bonds is 10. The molecule has 0 aliphatic heterocycles. The van der Waals surface area contributed by atoms with Gasteiger partial charge >= 0.3 is 0 Å². The average molecular weight is 496 g/mol. The molecule has 0 amide bonds. The third-order valence-corrected chi connectivity index (χ3v) is 5.05. The van der Waals surface area contributed by atoms with Crippen molar-refractivity contribution in [3.63, 3.8) is 0 Å². The lowest BCUT2D eigenvalue weighted by Crippen LogP contribution is -2.02. The van der Waals surface area contributed by atoms with Crippen LogP contribution in [-0.4, -0.2) is 18.2 Å². The molecule has 0 atom stereocenters. The van der Waals surface area contributed by atoms with Gasteiger partial charge in [-0.3, -0.25) is 15.5 Å². The summed E-state index contributed by atoms with van der Waals surface area (Å²) in [6, 6.07) is 17.8. The summed E-state index contributed by atoms with van der Waals surface area (Å²) >= 11 is 3.43. The first kappa shape index (κ1) is 23.0. The van der Waals surface area contributed by atoms with Gasteiger partial charge in [-0.05, 0) is 53.9 Å². The van der Waals surface area contributed by atoms with E-state index in [1.165, 1.54) is 12.1 Å². The number of hydrogen-bond acceptors (Lipinski definition) is 6. The number of halogens is 1. The van der Waals surface area contributed by atoms with Gasteiger partial charge in [0.15, 0.2) is 11.5 Å². The molecule has 3 aromatic rings. The van der Waals surface area contributed by atoms with Gasteiger partial charge in [0.25, 0.3) is 5.69 Å². The van der Waals surface area contributed by atoms with Crippen molar-refractivity contribution < 1.29 is 14.4 Å². The molecule has 0 saturated heterocycles. The Morgan fingerprint density at radius 3 is 2.50 bits per heavy atom. The van der Waals surface area contributed by atoms with Crippen molar-refractivity contribution in [2.45, 2.75) is 13.0 Å². The first-order valence-corrected chi connectivity index (χ1v) is 10.5. The van der Waals surface area contributed by atoms with Gasteiger partial charge in [0.2, 0.25) is 0 Å². The predicted molar refractivity (Wildman–Crippen MR) is 130 cm³/mol. The summed E-state index contributed by atoms with van der Waals surface area (Å²) in [5, 5.41) is 15.0. The Hall–Kier alpha value is -3.65. The topological polar surface area (TPSA) is 86.0 Å². The summed E-state index contributed by atoms with van der Waals surface area (Å²) in [4.78, 5) is 10.3. The fourth-order valence-corrected chi connectivity index (χ4v) is 3.22. The Morgan fingerprint density at radius 1 is 1.16 bits per heavy atom. The molecule has 3 aromatic carbocycles. The third-order valence-electron chi connectivity index (χ3n) is 4.52. The molecule has 8 heteroatoms. The van der Waals surface area contributed by atoms with Crippen LogP contribution in [0.15, 0.2) is 82.9 Å². The van der Waals surface area contributed by atoms with Crippen LogP contribution in [0.4, 0.5) is 11.4 Å². The Labute approximate surface area is 194 Å². The van der Waals surface area contributed by atoms with Gasteiger partial charge < -0.3 is 9.47 Å². The monoisotopic (exact) mass is 495 g/mol. The second-order valence-corrected chi connectivity index (χ2v) is 7.71. The normalized spacial score (nSPS) is 10.7. The number of hydrogen-bond donors (Lipinski definition) is 1. The number of non-ortho nitro benzene ring substituents is 1. The van der Waals surface area contributed by atoms with Crippen molar-refractivity contribution in [1.29, 1.82) is 0 Å². The first-order chi connectivity index (χ1) is 15.5. The smallest absolute Gasteiger partial charge is 0.269 e. The van der Waals surface area contributed by atoms with E-state index in [4.69, 9.17) is 9.47 Å². The zero-order valence-corrected chi connectivity index (χ0v) is 19.0. The molecule has 7 nitrogen and oxygen atoms in total. The van der Waals surface area contributed by atoms with Crippen LogP contribution < -0.4 is 14.9 Å². The molecular formula is C24H22BrN3O4. The van der Waals surface area contributed by atoms with Crippen molar-refractivity contribution in [3.8, 4) is 11.5 Å². The minimum atomic E-state index is -0.444. The maximum absolute atomic E-state index is 10.7. The van der Waals surface area contributed by atoms with Crippen molar-refractivity contribution >= 4 is 33.5 Å². The number of ether oxygens (including phenoxy) is 2. The van der Waals surface area contributed by atoms with E-state index >= 15 is 0 Å². The molecule has 0 aliphatic rings. The number of hydrazone groups is 1. The van der Waals surface area contributed by atoms with E-state index in [-0.39, 0.29) is 5.69 Å². The van der Waals surface area contributed by atoms with Gasteiger partial charge in [-0.1, -0.05) is 34.1 Å². The van der Waals surface area contributed by atoms with Crippen LogP contribution in [0.2, 0.25) is 0 Å². The summed E-state index contributed by atoms with van der Waals surface area (Å²) in [5.74, 6) is 1.26. The summed E-state index contributed by atoms with van der Waals surface area (Å²) < 4.78 is 12.7. The lowest BCUT2D eigenvalue weighted by Gasteiger charge is -2.16. The van der Waals surface area contributed by atoms with Crippen LogP contribution in [0.25, 0.3) is 0 Å². The molecule has 0 fully saturated rings. The fourth-order valence-electron chi connectivity index (χ4n) is 2.96. The van der Waals surface area contributed by atoms with E-state index in [0.717, 1.165) is 21.2 Å². The van der Waals surface area contributed by atoms with Gasteiger partial charge in [-0.2, -0.15) is 5.10 Å². The molecule has 0 aliphatic carbocycles. The van der Waals surface area contributed by atoms with Gasteiger partial charge in [0, 0.05) is 22.2 Å². The van der Waals surface area contributed by atoms with E-state index < -0.39 is 4.92 Å². The van der Waals surface area contributed by atoms with Crippen LogP contribution in [-0.2, 0) is 13.0 Å². The maximum atomic E-state index is 10.7. The lowest BCUT2D eigenvalue weighted by molar-refractivity contribution is -0.384. The van der Waals surface area contributed by atoms with Crippen LogP contribution >= 0.6 is 15.9 Å². The SMILES string of the molecule is C=CCc1cc(/C=N/Nc2ccc([N+](=O)[O-])cc2)cc(OC)c1OCc1ccc(Br)cc1. The maximum Gasteiger partial charge on any atom is 0.269 e. The molecule has 3 rings (SSSR count). The van der Waals surface area contributed by atoms with Gasteiger partial charge in [0.05, 0.1) is 23.9 Å². The number of benzene rings is 3. The van der Waals surface area contributed by atoms with Gasteiger partial charge in [-0.25, -0.2) is 0 Å². The minimum Gasteiger partial charge on any atom is -0.493 e. The van der Waals surface area contributed by atoms with E-state index in [1.54, 1.807) is 31.5 Å². The quantitative estimate of drug-likeness (QED) is 0.158. The lowest BCUT2D eigenvalue weighted by atomic mass is 10.1. The number of nitro groups is 1. The number of anilines is 1. The highest BCUT2D eigenvalue weighted by molar-refractivity contribution is 9.10. The van der Waals surface area contributed by atoms with Crippen molar-refractivity contribution in [2.75, 3.05) is 12.5 Å². The Bertz CT molecular complexity index is 1110. The van der Waals surface area contributed by atoms with E-state index in [9.17, 15) is 10.1 Å². The highest BCUT2D eigenvalue weighted by Gasteiger charge is 2.13. The summed E-state index contributed by atoms with van der Waals surface area (Å²) in [5.41, 5.74) is 6.30. The van der Waals surface area contributed by atoms with E-state index in [0.29, 0.717) is 30.2 Å². The van der Waals surface area contributed by atoms with Crippen molar-refractivity contribution in [2.24, 2.45) is 5.10 Å². The van der Waals surface area contributed by atoms with Crippen LogP contribution in [0, 0.1) is 10.1 Å². The Kier molecular flexibility index (Phi) is 7.99. The zero-order valence-electron chi connectivity index (χ0n) is 17.5. The number of nitrogens with one attached hydrogen (secondary N) is 1. The second kappa shape index (κ2) is 11.1. The molecule has 0 saturated carbocycles. The second-order valence-electron chi connectivity index (χ2n) is 6.79. The van der Waals surface area contributed by atoms with Crippen LogP contribution in [0.3, 0.4) is 0 Å². The van der Waals surface area contributed by atoms with Gasteiger partial charge in [0.1, 0.15) is 6.61 Å². The summed E-state index contributed by atoms with van der Waals surface area (Å²) in [6.07, 6.45) is 4.05. The third kappa shape index (κ3) is 6.18. The van der Waals surface area contributed by atoms with Crippen LogP contribution in [0.1, 0.15) is 16.7 Å². The van der Waals surface area contributed by atoms with Gasteiger partial charge in [-0.15, -0.1) is 6.58 Å². The molecule has 32 heavy (non-hydrogen) atoms. The molecule has 164 valence electrons. The molecule has 0 unspecified atom stereocenters. The fraction of sp³-hybridized carbons (Fsp3) is 0.125. The highest BCUT2D eigenvalue weighted by atomic mass is 79.9. The molecule has 1 N–H and O–H groups in total. The molecule has 0 radical (unpaired) electrons. The number of methoxy groups -OCH3 is 1. The van der Waals surface area contributed by atoms with Crippen molar-refractivity contribution in [3.05, 3.63) is 105 Å². The standard InChI is InChI=1S/C24H22BrN3O4/c1-3-4-19-13-18(15-26-27-21-9-11-22(12-10-21)28(29)30)14-23(31-2)24(19)32-16-17-5-7-20(25)8-6-17/h3,5-15,27H,1,4,16H2,2H3/b26-15+. The van der Waals surface area contributed by atoms with E-state index in [1.807, 2.05) is 36.4 Å². The van der Waals surface area contributed by atoms with Crippen molar-refractivity contribution in [1.82, 2.24) is 0 Å². The molecule has 0 spiro atoms. The summed E-state index contributed by atoms with van der Waals surface area (Å²) in [7, 11) is 1.59. The molecule has 0 bridgehead atoms. The summed E-state index contributed by atoms with van der Waals surface area (Å²) in [6.45, 7) is 4.24. The molecule has 0 heterocycles. The minimum absolute atomic E-state index is 0.0251. The predicted octanol–water partition coefficient (Wildman–Crippen LogP) is 6.12.